The molecule has 0 aromatic heterocycles. The van der Waals surface area contributed by atoms with E-state index in [2.05, 4.69) is 25.3 Å². The van der Waals surface area contributed by atoms with Crippen molar-refractivity contribution >= 4 is 26.2 Å². The summed E-state index contributed by atoms with van der Waals surface area (Å²) in [6.45, 7) is 4.50. The standard InChI is InChI=1S/C2H6Si.BrH.ClH.Zr/c1-3-2;;;/h1-2H3;2*1H;/q;;;+2/p-2. The molecule has 0 spiro atoms. The summed E-state index contributed by atoms with van der Waals surface area (Å²) in [6, 6.07) is 0. The monoisotopic (exact) mass is 262 g/mol. The van der Waals surface area contributed by atoms with Crippen molar-refractivity contribution in [1.29, 1.82) is 0 Å². The van der Waals surface area contributed by atoms with Gasteiger partial charge in [0.05, 0.1) is 0 Å². The minimum atomic E-state index is -1.31. The predicted molar refractivity (Wildman–Crippen MR) is 32.3 cm³/mol. The van der Waals surface area contributed by atoms with Gasteiger partial charge in [-0.05, 0) is 0 Å². The van der Waals surface area contributed by atoms with Crippen molar-refractivity contribution in [2.45, 2.75) is 13.1 Å². The molecule has 0 unspecified atom stereocenters. The third kappa shape index (κ3) is 4.04. The average molecular weight is 265 g/mol. The molecule has 0 heterocycles. The number of hydrogen-bond donors (Lipinski definition) is 0. The van der Waals surface area contributed by atoms with Gasteiger partial charge in [-0.2, -0.15) is 0 Å². The second kappa shape index (κ2) is 3.82. The Morgan fingerprint density at radius 1 is 1.67 bits per heavy atom. The van der Waals surface area contributed by atoms with Crippen LogP contribution in [0, 0.1) is 0 Å². The van der Waals surface area contributed by atoms with Crippen LogP contribution < -0.4 is 0 Å². The summed E-state index contributed by atoms with van der Waals surface area (Å²) in [4.78, 5) is 0. The second-order valence-corrected chi connectivity index (χ2v) is 30.7. The van der Waals surface area contributed by atoms with Gasteiger partial charge in [-0.1, -0.05) is 0 Å². The molecule has 0 nitrogen and oxygen atoms in total. The summed E-state index contributed by atoms with van der Waals surface area (Å²) in [7, 11) is 5.77. The Kier molecular flexibility index (Phi) is 5.01. The van der Waals surface area contributed by atoms with Crippen molar-refractivity contribution in [3.8, 4) is 0 Å². The van der Waals surface area contributed by atoms with Crippen LogP contribution in [0.15, 0.2) is 0 Å². The van der Waals surface area contributed by atoms with E-state index in [-0.39, 0.29) is 5.43 Å². The normalized spacial score (nSPS) is 8.00. The van der Waals surface area contributed by atoms with Gasteiger partial charge in [-0.25, -0.2) is 0 Å². The Bertz CT molecular complexity index is 63.6. The van der Waals surface area contributed by atoms with Crippen molar-refractivity contribution in [1.82, 2.24) is 0 Å². The molecule has 0 amide bonds. The first kappa shape index (κ1) is 7.87. The van der Waals surface area contributed by atoms with E-state index >= 15 is 0 Å². The molecule has 0 aromatic carbocycles. The van der Waals surface area contributed by atoms with E-state index in [1.54, 1.807) is 0 Å². The molecule has 0 fully saturated rings. The SMILES string of the molecule is C[Si](C)=[Zr]([Cl])[Br]. The Morgan fingerprint density at radius 2 is 1.83 bits per heavy atom. The van der Waals surface area contributed by atoms with E-state index in [1.807, 2.05) is 0 Å². The Balaban J connectivity index is 3.68. The van der Waals surface area contributed by atoms with Crippen LogP contribution in [0.5, 0.6) is 0 Å². The van der Waals surface area contributed by atoms with Crippen LogP contribution in [0.25, 0.3) is 0 Å². The molecule has 0 radical (unpaired) electrons. The summed E-state index contributed by atoms with van der Waals surface area (Å²) >= 11 is 2.13. The molecule has 0 saturated carbocycles. The zero-order valence-electron chi connectivity index (χ0n) is 3.76. The van der Waals surface area contributed by atoms with Crippen molar-refractivity contribution in [2.75, 3.05) is 0 Å². The topological polar surface area (TPSA) is 0 Å². The average Bonchev–Trinajstić information content (AvgIpc) is 1.36. The molecule has 0 bridgehead atoms. The molecule has 0 aliphatic carbocycles. The quantitative estimate of drug-likeness (QED) is 0.589. The van der Waals surface area contributed by atoms with Gasteiger partial charge in [0.15, 0.2) is 0 Å². The Hall–Kier alpha value is 1.87. The molecule has 0 atom stereocenters. The minimum absolute atomic E-state index is 0.0729. The van der Waals surface area contributed by atoms with E-state index < -0.39 is 16.8 Å². The molecule has 36 valence electrons. The molecule has 0 N–H and O–H groups in total. The first-order chi connectivity index (χ1) is 2.64. The van der Waals surface area contributed by atoms with E-state index in [9.17, 15) is 0 Å². The maximum atomic E-state index is 5.77. The van der Waals surface area contributed by atoms with Crippen molar-refractivity contribution in [2.24, 2.45) is 0 Å². The fraction of sp³-hybridized carbons (Fsp3) is 1.00. The molecular formula is C2H6BrClSiZr. The van der Waals surface area contributed by atoms with Crippen molar-refractivity contribution in [3.63, 3.8) is 0 Å². The molecule has 0 rings (SSSR count). The third-order valence-electron chi connectivity index (χ3n) is 0.378. The Labute approximate surface area is 55.5 Å². The van der Waals surface area contributed by atoms with Crippen molar-refractivity contribution in [3.05, 3.63) is 0 Å². The van der Waals surface area contributed by atoms with Gasteiger partial charge in [0.25, 0.3) is 0 Å². The molecule has 0 saturated heterocycles. The van der Waals surface area contributed by atoms with E-state index in [0.29, 0.717) is 0 Å². The Morgan fingerprint density at radius 3 is 1.83 bits per heavy atom. The number of halogens is 2. The summed E-state index contributed by atoms with van der Waals surface area (Å²) in [5, 5.41) is 0. The summed E-state index contributed by atoms with van der Waals surface area (Å²) < 4.78 is 0. The third-order valence-corrected chi connectivity index (χ3v) is 27.5. The van der Waals surface area contributed by atoms with E-state index in [0.717, 1.165) is 0 Å². The van der Waals surface area contributed by atoms with Gasteiger partial charge < -0.3 is 0 Å². The van der Waals surface area contributed by atoms with Crippen LogP contribution in [-0.2, 0) is 16.8 Å². The van der Waals surface area contributed by atoms with Gasteiger partial charge >= 0.3 is 56.1 Å². The maximum absolute atomic E-state index is 5.77. The molecular weight excluding hydrogens is 259 g/mol. The summed E-state index contributed by atoms with van der Waals surface area (Å²) in [5.74, 6) is 0. The molecule has 0 aliphatic rings. The van der Waals surface area contributed by atoms with Gasteiger partial charge in [0, 0.05) is 0 Å². The van der Waals surface area contributed by atoms with Crippen LogP contribution in [-0.4, -0.2) is 5.43 Å². The molecule has 0 aromatic rings. The van der Waals surface area contributed by atoms with E-state index in [4.69, 9.17) is 8.51 Å². The van der Waals surface area contributed by atoms with Gasteiger partial charge in [0.1, 0.15) is 0 Å². The predicted octanol–water partition coefficient (Wildman–Crippen LogP) is 2.32. The van der Waals surface area contributed by atoms with Gasteiger partial charge in [-0.3, -0.25) is 0 Å². The van der Waals surface area contributed by atoms with Gasteiger partial charge in [-0.15, -0.1) is 0 Å². The van der Waals surface area contributed by atoms with Gasteiger partial charge in [0.2, 0.25) is 0 Å². The first-order valence-electron chi connectivity index (χ1n) is 1.63. The van der Waals surface area contributed by atoms with Crippen LogP contribution in [0.2, 0.25) is 13.1 Å². The van der Waals surface area contributed by atoms with Crippen LogP contribution in [0.3, 0.4) is 0 Å². The zero-order chi connectivity index (χ0) is 5.15. The summed E-state index contributed by atoms with van der Waals surface area (Å²) in [6.07, 6.45) is 0. The van der Waals surface area contributed by atoms with Crippen LogP contribution >= 0.6 is 20.7 Å². The number of hydrogen-bond acceptors (Lipinski definition) is 0. The molecule has 0 aliphatic heterocycles. The molecule has 6 heavy (non-hydrogen) atoms. The van der Waals surface area contributed by atoms with Crippen LogP contribution in [0.4, 0.5) is 0 Å². The summed E-state index contributed by atoms with van der Waals surface area (Å²) in [5.41, 5.74) is -0.0729. The molecule has 4 heteroatoms. The first-order valence-corrected chi connectivity index (χ1v) is 16.6. The van der Waals surface area contributed by atoms with Crippen molar-refractivity contribution < 1.29 is 16.8 Å². The fourth-order valence-electron chi connectivity index (χ4n) is 0. The fourth-order valence-corrected chi connectivity index (χ4v) is 0. The van der Waals surface area contributed by atoms with E-state index in [1.165, 1.54) is 0 Å². The zero-order valence-corrected chi connectivity index (χ0v) is 9.56. The van der Waals surface area contributed by atoms with Crippen LogP contribution in [0.1, 0.15) is 0 Å². The number of rotatable bonds is 0. The second-order valence-electron chi connectivity index (χ2n) is 1.26.